The maximum Gasteiger partial charge on any atom is 0.319 e. The first-order valence-electron chi connectivity index (χ1n) is 14.9. The maximum atomic E-state index is 13.2. The zero-order valence-corrected chi connectivity index (χ0v) is 24.1. The first-order valence-corrected chi connectivity index (χ1v) is 15.7. The van der Waals surface area contributed by atoms with Crippen LogP contribution in [0, 0.1) is 5.92 Å². The highest BCUT2D eigenvalue weighted by Gasteiger charge is 2.28. The van der Waals surface area contributed by atoms with Gasteiger partial charge in [-0.3, -0.25) is 4.79 Å². The van der Waals surface area contributed by atoms with E-state index in [1.807, 2.05) is 17.0 Å². The molecule has 2 aliphatic rings. The number of benzene rings is 1. The Kier molecular flexibility index (Phi) is 12.6. The lowest BCUT2D eigenvalue weighted by atomic mass is 9.85. The van der Waals surface area contributed by atoms with E-state index in [1.54, 1.807) is 13.8 Å². The quantitative estimate of drug-likeness (QED) is 0.188. The van der Waals surface area contributed by atoms with Crippen LogP contribution in [0.1, 0.15) is 116 Å². The highest BCUT2D eigenvalue weighted by molar-refractivity contribution is 8.01. The van der Waals surface area contributed by atoms with Gasteiger partial charge < -0.3 is 15.3 Å². The number of unbranched alkanes of at least 4 members (excludes halogenated alkanes) is 3. The van der Waals surface area contributed by atoms with Crippen LogP contribution in [0.2, 0.25) is 0 Å². The molecule has 0 aromatic heterocycles. The summed E-state index contributed by atoms with van der Waals surface area (Å²) in [4.78, 5) is 27.6. The van der Waals surface area contributed by atoms with Crippen molar-refractivity contribution in [1.82, 2.24) is 10.2 Å². The first-order chi connectivity index (χ1) is 17.8. The topological polar surface area (TPSA) is 69.6 Å². The average Bonchev–Trinajstić information content (AvgIpc) is 2.89. The lowest BCUT2D eigenvalue weighted by Crippen LogP contribution is -2.46. The van der Waals surface area contributed by atoms with Crippen molar-refractivity contribution in [2.45, 2.75) is 132 Å². The highest BCUT2D eigenvalue weighted by Crippen LogP contribution is 2.33. The van der Waals surface area contributed by atoms with Crippen LogP contribution >= 0.6 is 11.8 Å². The molecule has 2 saturated carbocycles. The number of amides is 2. The molecule has 208 valence electrons. The number of hydrogen-bond donors (Lipinski definition) is 2. The number of aliphatic carboxylic acids is 1. The smallest absolute Gasteiger partial charge is 0.319 e. The Bertz CT molecular complexity index is 814. The van der Waals surface area contributed by atoms with Gasteiger partial charge in [-0.2, -0.15) is 0 Å². The molecule has 0 saturated heterocycles. The molecule has 0 heterocycles. The van der Waals surface area contributed by atoms with E-state index in [9.17, 15) is 14.7 Å². The molecule has 3 rings (SSSR count). The molecule has 1 aromatic rings. The number of carboxylic acids is 1. The van der Waals surface area contributed by atoms with Crippen molar-refractivity contribution in [1.29, 1.82) is 0 Å². The van der Waals surface area contributed by atoms with Crippen LogP contribution in [0.25, 0.3) is 0 Å². The van der Waals surface area contributed by atoms with Gasteiger partial charge in [-0.15, -0.1) is 11.8 Å². The number of hydrogen-bond acceptors (Lipinski definition) is 3. The van der Waals surface area contributed by atoms with Crippen LogP contribution in [0.5, 0.6) is 0 Å². The molecule has 0 atom stereocenters. The van der Waals surface area contributed by atoms with Crippen LogP contribution in [0.15, 0.2) is 29.2 Å². The van der Waals surface area contributed by atoms with Crippen LogP contribution in [0.4, 0.5) is 4.79 Å². The average molecular weight is 531 g/mol. The van der Waals surface area contributed by atoms with Crippen molar-refractivity contribution in [3.05, 3.63) is 29.8 Å². The van der Waals surface area contributed by atoms with Gasteiger partial charge in [0.1, 0.15) is 4.75 Å². The molecule has 37 heavy (non-hydrogen) atoms. The lowest BCUT2D eigenvalue weighted by molar-refractivity contribution is -0.138. The Balaban J connectivity index is 1.46. The van der Waals surface area contributed by atoms with Gasteiger partial charge in [-0.1, -0.05) is 89.2 Å². The van der Waals surface area contributed by atoms with Gasteiger partial charge in [0.2, 0.25) is 0 Å². The van der Waals surface area contributed by atoms with Crippen LogP contribution in [-0.2, 0) is 11.2 Å². The summed E-state index contributed by atoms with van der Waals surface area (Å²) < 4.78 is -0.855. The van der Waals surface area contributed by atoms with Crippen molar-refractivity contribution in [2.75, 3.05) is 13.1 Å². The summed E-state index contributed by atoms with van der Waals surface area (Å²) in [5.41, 5.74) is 1.18. The summed E-state index contributed by atoms with van der Waals surface area (Å²) in [5, 5.41) is 12.7. The number of thioether (sulfide) groups is 1. The number of carbonyl (C=O) groups is 2. The van der Waals surface area contributed by atoms with E-state index in [0.717, 1.165) is 43.0 Å². The van der Waals surface area contributed by atoms with Gasteiger partial charge >= 0.3 is 12.0 Å². The minimum atomic E-state index is -0.855. The SMILES string of the molecule is CC(C)(Sc1ccc(CCN(CCCCCCC2CCCCC2)C(=O)NC2CCCCC2)cc1)C(=O)O. The molecule has 0 bridgehead atoms. The van der Waals surface area contributed by atoms with Gasteiger partial charge in [-0.25, -0.2) is 4.79 Å². The number of carbonyl (C=O) groups excluding carboxylic acids is 1. The van der Waals surface area contributed by atoms with Crippen molar-refractivity contribution in [3.8, 4) is 0 Å². The third kappa shape index (κ3) is 10.9. The Labute approximate surface area is 229 Å². The molecular formula is C31H50N2O3S. The van der Waals surface area contributed by atoms with Crippen molar-refractivity contribution >= 4 is 23.8 Å². The summed E-state index contributed by atoms with van der Waals surface area (Å²) in [7, 11) is 0. The molecular weight excluding hydrogens is 480 g/mol. The molecule has 0 spiro atoms. The van der Waals surface area contributed by atoms with Gasteiger partial charge in [0.15, 0.2) is 0 Å². The summed E-state index contributed by atoms with van der Waals surface area (Å²) in [6, 6.07) is 8.58. The highest BCUT2D eigenvalue weighted by atomic mass is 32.2. The van der Waals surface area contributed by atoms with Crippen molar-refractivity contribution in [3.63, 3.8) is 0 Å². The van der Waals surface area contributed by atoms with Crippen LogP contribution in [-0.4, -0.2) is 45.9 Å². The number of urea groups is 1. The fraction of sp³-hybridized carbons (Fsp3) is 0.742. The second kappa shape index (κ2) is 15.7. The zero-order chi connectivity index (χ0) is 26.5. The number of nitrogens with zero attached hydrogens (tertiary/aromatic N) is 1. The Morgan fingerprint density at radius 2 is 1.51 bits per heavy atom. The Morgan fingerprint density at radius 1 is 0.892 bits per heavy atom. The van der Waals surface area contributed by atoms with E-state index in [0.29, 0.717) is 12.6 Å². The van der Waals surface area contributed by atoms with E-state index in [2.05, 4.69) is 17.4 Å². The molecule has 2 N–H and O–H groups in total. The molecule has 0 aliphatic heterocycles. The second-order valence-corrected chi connectivity index (χ2v) is 13.5. The second-order valence-electron chi connectivity index (χ2n) is 11.8. The van der Waals surface area contributed by atoms with E-state index in [4.69, 9.17) is 0 Å². The molecule has 5 nitrogen and oxygen atoms in total. The van der Waals surface area contributed by atoms with E-state index in [1.165, 1.54) is 94.4 Å². The normalized spacial score (nSPS) is 17.5. The van der Waals surface area contributed by atoms with Gasteiger partial charge in [-0.05, 0) is 63.1 Å². The molecule has 0 radical (unpaired) electrons. The number of nitrogens with one attached hydrogen (secondary N) is 1. The van der Waals surface area contributed by atoms with Crippen LogP contribution < -0.4 is 5.32 Å². The van der Waals surface area contributed by atoms with Gasteiger partial charge in [0.25, 0.3) is 0 Å². The molecule has 0 unspecified atom stereocenters. The van der Waals surface area contributed by atoms with E-state index >= 15 is 0 Å². The van der Waals surface area contributed by atoms with Crippen LogP contribution in [0.3, 0.4) is 0 Å². The van der Waals surface area contributed by atoms with Crippen molar-refractivity contribution in [2.24, 2.45) is 5.92 Å². The number of rotatable bonds is 14. The predicted octanol–water partition coefficient (Wildman–Crippen LogP) is 8.06. The Hall–Kier alpha value is -1.69. The lowest BCUT2D eigenvalue weighted by Gasteiger charge is -2.28. The summed E-state index contributed by atoms with van der Waals surface area (Å²) >= 11 is 1.36. The van der Waals surface area contributed by atoms with Gasteiger partial charge in [0.05, 0.1) is 0 Å². The molecule has 6 heteroatoms. The van der Waals surface area contributed by atoms with Gasteiger partial charge in [0, 0.05) is 24.0 Å². The first kappa shape index (κ1) is 29.9. The fourth-order valence-electron chi connectivity index (χ4n) is 5.72. The zero-order valence-electron chi connectivity index (χ0n) is 23.3. The largest absolute Gasteiger partial charge is 0.480 e. The minimum Gasteiger partial charge on any atom is -0.480 e. The molecule has 2 fully saturated rings. The maximum absolute atomic E-state index is 13.2. The van der Waals surface area contributed by atoms with Crippen molar-refractivity contribution < 1.29 is 14.7 Å². The summed E-state index contributed by atoms with van der Waals surface area (Å²) in [5.74, 6) is 0.154. The molecule has 2 aliphatic carbocycles. The third-order valence-electron chi connectivity index (χ3n) is 8.22. The molecule has 2 amide bonds. The Morgan fingerprint density at radius 3 is 2.16 bits per heavy atom. The monoisotopic (exact) mass is 530 g/mol. The predicted molar refractivity (Wildman–Crippen MR) is 154 cm³/mol. The molecule has 1 aromatic carbocycles. The van der Waals surface area contributed by atoms with E-state index < -0.39 is 10.7 Å². The summed E-state index contributed by atoms with van der Waals surface area (Å²) in [6.45, 7) is 5.00. The summed E-state index contributed by atoms with van der Waals surface area (Å²) in [6.07, 6.45) is 20.2. The fourth-order valence-corrected chi connectivity index (χ4v) is 6.67. The standard InChI is InChI=1S/C31H50N2O3S/c1-31(2,29(34)35)37-28-20-18-26(19-21-28)22-24-33(30(36)32-27-16-10-6-11-17-27)23-12-4-3-7-13-25-14-8-5-9-15-25/h18-21,25,27H,3-17,22-24H2,1-2H3,(H,32,36)(H,34,35). The van der Waals surface area contributed by atoms with E-state index in [-0.39, 0.29) is 6.03 Å². The number of carboxylic acid groups (broad SMARTS) is 1. The third-order valence-corrected chi connectivity index (χ3v) is 9.41. The minimum absolute atomic E-state index is 0.101.